The molecule has 0 fully saturated rings. The second kappa shape index (κ2) is 6.63. The van der Waals surface area contributed by atoms with Crippen LogP contribution in [0.1, 0.15) is 16.7 Å². The van der Waals surface area contributed by atoms with E-state index in [1.165, 1.54) is 11.1 Å². The fraction of sp³-hybridized carbons (Fsp3) is 0.235. The van der Waals surface area contributed by atoms with Gasteiger partial charge in [0, 0.05) is 12.2 Å². The maximum Gasteiger partial charge on any atom is 0.174 e. The summed E-state index contributed by atoms with van der Waals surface area (Å²) in [5, 5.41) is 11.9. The number of nitrogens with zero attached hydrogens (tertiary/aromatic N) is 1. The SMILES string of the molecule is Cc1ccc(NCc2cccc(OCC#N)c2)c(C)c1. The predicted octanol–water partition coefficient (Wildman–Crippen LogP) is 3.82. The van der Waals surface area contributed by atoms with Crippen LogP contribution >= 0.6 is 0 Å². The summed E-state index contributed by atoms with van der Waals surface area (Å²) in [5.41, 5.74) is 4.76. The van der Waals surface area contributed by atoms with Gasteiger partial charge in [-0.25, -0.2) is 0 Å². The zero-order valence-corrected chi connectivity index (χ0v) is 11.8. The minimum absolute atomic E-state index is 0.0773. The van der Waals surface area contributed by atoms with E-state index in [1.54, 1.807) is 0 Å². The van der Waals surface area contributed by atoms with Gasteiger partial charge in [0.2, 0.25) is 0 Å². The molecule has 3 nitrogen and oxygen atoms in total. The van der Waals surface area contributed by atoms with E-state index in [0.717, 1.165) is 23.5 Å². The van der Waals surface area contributed by atoms with Gasteiger partial charge >= 0.3 is 0 Å². The average molecular weight is 266 g/mol. The zero-order chi connectivity index (χ0) is 14.4. The molecule has 0 amide bonds. The van der Waals surface area contributed by atoms with Crippen molar-refractivity contribution in [3.63, 3.8) is 0 Å². The molecule has 0 aliphatic heterocycles. The van der Waals surface area contributed by atoms with Crippen LogP contribution in [0.5, 0.6) is 5.75 Å². The van der Waals surface area contributed by atoms with Crippen molar-refractivity contribution < 1.29 is 4.74 Å². The molecule has 0 aliphatic carbocycles. The third-order valence-electron chi connectivity index (χ3n) is 3.07. The Morgan fingerprint density at radius 3 is 2.75 bits per heavy atom. The molecular formula is C17H18N2O. The lowest BCUT2D eigenvalue weighted by atomic mass is 10.1. The highest BCUT2D eigenvalue weighted by atomic mass is 16.5. The molecule has 3 heteroatoms. The molecule has 0 aliphatic rings. The van der Waals surface area contributed by atoms with Crippen LogP contribution < -0.4 is 10.1 Å². The van der Waals surface area contributed by atoms with Gasteiger partial charge in [-0.2, -0.15) is 5.26 Å². The van der Waals surface area contributed by atoms with Crippen LogP contribution in [0.25, 0.3) is 0 Å². The van der Waals surface area contributed by atoms with Crippen molar-refractivity contribution in [1.29, 1.82) is 5.26 Å². The summed E-state index contributed by atoms with van der Waals surface area (Å²) in [5.74, 6) is 0.728. The topological polar surface area (TPSA) is 45.0 Å². The number of aryl methyl sites for hydroxylation is 2. The fourth-order valence-electron chi connectivity index (χ4n) is 2.07. The molecule has 0 saturated heterocycles. The number of benzene rings is 2. The number of nitrogens with one attached hydrogen (secondary N) is 1. The Labute approximate surface area is 119 Å². The lowest BCUT2D eigenvalue weighted by Gasteiger charge is -2.11. The molecule has 2 rings (SSSR count). The molecule has 0 bridgehead atoms. The Morgan fingerprint density at radius 2 is 2.00 bits per heavy atom. The Balaban J connectivity index is 2.01. The summed E-state index contributed by atoms with van der Waals surface area (Å²) >= 11 is 0. The number of nitriles is 1. The first-order valence-corrected chi connectivity index (χ1v) is 6.59. The van der Waals surface area contributed by atoms with E-state index in [4.69, 9.17) is 10.00 Å². The monoisotopic (exact) mass is 266 g/mol. The first kappa shape index (κ1) is 14.0. The Bertz CT molecular complexity index is 629. The summed E-state index contributed by atoms with van der Waals surface area (Å²) in [6.07, 6.45) is 0. The van der Waals surface area contributed by atoms with E-state index in [2.05, 4.69) is 37.4 Å². The maximum atomic E-state index is 8.51. The second-order valence-corrected chi connectivity index (χ2v) is 4.77. The molecule has 2 aromatic carbocycles. The van der Waals surface area contributed by atoms with Crippen molar-refractivity contribution in [2.75, 3.05) is 11.9 Å². The minimum atomic E-state index is 0.0773. The van der Waals surface area contributed by atoms with Crippen LogP contribution in [0.4, 0.5) is 5.69 Å². The number of hydrogen-bond donors (Lipinski definition) is 1. The molecule has 0 saturated carbocycles. The van der Waals surface area contributed by atoms with Gasteiger partial charge in [-0.1, -0.05) is 29.8 Å². The number of ether oxygens (including phenoxy) is 1. The largest absolute Gasteiger partial charge is 0.479 e. The third kappa shape index (κ3) is 3.76. The van der Waals surface area contributed by atoms with E-state index in [9.17, 15) is 0 Å². The Morgan fingerprint density at radius 1 is 1.15 bits per heavy atom. The Kier molecular flexibility index (Phi) is 4.62. The molecule has 102 valence electrons. The summed E-state index contributed by atoms with van der Waals surface area (Å²) in [6.45, 7) is 5.00. The number of rotatable bonds is 5. The highest BCUT2D eigenvalue weighted by molar-refractivity contribution is 5.52. The lowest BCUT2D eigenvalue weighted by molar-refractivity contribution is 0.368. The third-order valence-corrected chi connectivity index (χ3v) is 3.07. The molecule has 1 N–H and O–H groups in total. The van der Waals surface area contributed by atoms with Crippen LogP contribution in [0.15, 0.2) is 42.5 Å². The first-order valence-electron chi connectivity index (χ1n) is 6.59. The highest BCUT2D eigenvalue weighted by Crippen LogP contribution is 2.18. The van der Waals surface area contributed by atoms with E-state index in [-0.39, 0.29) is 6.61 Å². The van der Waals surface area contributed by atoms with Crippen molar-refractivity contribution in [3.8, 4) is 11.8 Å². The van der Waals surface area contributed by atoms with Crippen molar-refractivity contribution >= 4 is 5.69 Å². The van der Waals surface area contributed by atoms with Gasteiger partial charge in [-0.3, -0.25) is 0 Å². The zero-order valence-electron chi connectivity index (χ0n) is 11.8. The Hall–Kier alpha value is -2.47. The molecule has 0 spiro atoms. The summed E-state index contributed by atoms with van der Waals surface area (Å²) < 4.78 is 5.30. The number of anilines is 1. The predicted molar refractivity (Wildman–Crippen MR) is 80.8 cm³/mol. The summed E-state index contributed by atoms with van der Waals surface area (Å²) in [6, 6.07) is 16.1. The van der Waals surface area contributed by atoms with Gasteiger partial charge in [-0.15, -0.1) is 0 Å². The van der Waals surface area contributed by atoms with E-state index < -0.39 is 0 Å². The van der Waals surface area contributed by atoms with Crippen molar-refractivity contribution in [2.45, 2.75) is 20.4 Å². The fourth-order valence-corrected chi connectivity index (χ4v) is 2.07. The average Bonchev–Trinajstić information content (AvgIpc) is 2.45. The van der Waals surface area contributed by atoms with Gasteiger partial charge in [-0.05, 0) is 43.2 Å². The van der Waals surface area contributed by atoms with Crippen LogP contribution in [0.3, 0.4) is 0 Å². The van der Waals surface area contributed by atoms with Crippen LogP contribution in [0, 0.1) is 25.2 Å². The highest BCUT2D eigenvalue weighted by Gasteiger charge is 2.00. The molecule has 0 radical (unpaired) electrons. The van der Waals surface area contributed by atoms with Gasteiger partial charge in [0.15, 0.2) is 6.61 Å². The van der Waals surface area contributed by atoms with E-state index >= 15 is 0 Å². The molecule has 0 aromatic heterocycles. The summed E-state index contributed by atoms with van der Waals surface area (Å²) in [7, 11) is 0. The maximum absolute atomic E-state index is 8.51. The van der Waals surface area contributed by atoms with Crippen molar-refractivity contribution in [2.24, 2.45) is 0 Å². The van der Waals surface area contributed by atoms with E-state index in [1.807, 2.05) is 30.3 Å². The minimum Gasteiger partial charge on any atom is -0.479 e. The molecule has 20 heavy (non-hydrogen) atoms. The van der Waals surface area contributed by atoms with Crippen LogP contribution in [-0.2, 0) is 6.54 Å². The number of hydrogen-bond acceptors (Lipinski definition) is 3. The molecule has 0 unspecified atom stereocenters. The molecule has 0 heterocycles. The van der Waals surface area contributed by atoms with Gasteiger partial charge in [0.25, 0.3) is 0 Å². The smallest absolute Gasteiger partial charge is 0.174 e. The molecule has 2 aromatic rings. The first-order chi connectivity index (χ1) is 9.69. The van der Waals surface area contributed by atoms with Crippen LogP contribution in [0.2, 0.25) is 0 Å². The van der Waals surface area contributed by atoms with Gasteiger partial charge in [0.05, 0.1) is 0 Å². The molecule has 0 atom stereocenters. The molecular weight excluding hydrogens is 248 g/mol. The van der Waals surface area contributed by atoms with Crippen molar-refractivity contribution in [1.82, 2.24) is 0 Å². The van der Waals surface area contributed by atoms with Crippen molar-refractivity contribution in [3.05, 3.63) is 59.2 Å². The summed E-state index contributed by atoms with van der Waals surface area (Å²) in [4.78, 5) is 0. The normalized spacial score (nSPS) is 9.85. The van der Waals surface area contributed by atoms with Gasteiger partial charge < -0.3 is 10.1 Å². The second-order valence-electron chi connectivity index (χ2n) is 4.77. The van der Waals surface area contributed by atoms with Gasteiger partial charge in [0.1, 0.15) is 11.8 Å². The quantitative estimate of drug-likeness (QED) is 0.894. The lowest BCUT2D eigenvalue weighted by Crippen LogP contribution is -2.02. The van der Waals surface area contributed by atoms with Crippen LogP contribution in [-0.4, -0.2) is 6.61 Å². The standard InChI is InChI=1S/C17H18N2O/c1-13-6-7-17(14(2)10-13)19-12-15-4-3-5-16(11-15)20-9-8-18/h3-7,10-11,19H,9,12H2,1-2H3. The van der Waals surface area contributed by atoms with E-state index in [0.29, 0.717) is 0 Å².